The molecule has 0 aromatic rings. The van der Waals surface area contributed by atoms with Crippen LogP contribution in [-0.4, -0.2) is 19.0 Å². The smallest absolute Gasteiger partial charge is 0.188 e. The summed E-state index contributed by atoms with van der Waals surface area (Å²) in [6, 6.07) is 0. The summed E-state index contributed by atoms with van der Waals surface area (Å²) in [5.74, 6) is 0.357. The van der Waals surface area contributed by atoms with E-state index in [4.69, 9.17) is 9.47 Å². The van der Waals surface area contributed by atoms with Gasteiger partial charge in [-0.05, 0) is 18.4 Å². The molecule has 1 aliphatic heterocycles. The van der Waals surface area contributed by atoms with Crippen LogP contribution in [0.25, 0.3) is 0 Å². The fourth-order valence-corrected chi connectivity index (χ4v) is 1.80. The number of rotatable bonds is 0. The van der Waals surface area contributed by atoms with Crippen LogP contribution in [0.2, 0.25) is 0 Å². The molecule has 1 aliphatic carbocycles. The molecular formula is C9H14O2. The average Bonchev–Trinajstić information content (AvgIpc) is 2.37. The molecule has 0 saturated carbocycles. The minimum atomic E-state index is -0.336. The monoisotopic (exact) mass is 154 g/mol. The lowest BCUT2D eigenvalue weighted by Gasteiger charge is -2.29. The van der Waals surface area contributed by atoms with E-state index < -0.39 is 0 Å². The van der Waals surface area contributed by atoms with Crippen molar-refractivity contribution >= 4 is 0 Å². The first-order valence-electron chi connectivity index (χ1n) is 4.26. The SMILES string of the molecule is C[C@@H]1CC=CC2(C1)OCCO2. The number of hydrogen-bond donors (Lipinski definition) is 0. The Morgan fingerprint density at radius 1 is 1.36 bits per heavy atom. The maximum Gasteiger partial charge on any atom is 0.188 e. The largest absolute Gasteiger partial charge is 0.344 e. The summed E-state index contributed by atoms with van der Waals surface area (Å²) in [7, 11) is 0. The van der Waals surface area contributed by atoms with Gasteiger partial charge in [0.05, 0.1) is 13.2 Å². The quantitative estimate of drug-likeness (QED) is 0.494. The van der Waals surface area contributed by atoms with Crippen LogP contribution in [0.1, 0.15) is 19.8 Å². The Balaban J connectivity index is 2.12. The van der Waals surface area contributed by atoms with Crippen molar-refractivity contribution in [2.45, 2.75) is 25.6 Å². The van der Waals surface area contributed by atoms with Gasteiger partial charge in [-0.1, -0.05) is 13.0 Å². The van der Waals surface area contributed by atoms with E-state index in [0.29, 0.717) is 5.92 Å². The van der Waals surface area contributed by atoms with Gasteiger partial charge >= 0.3 is 0 Å². The molecule has 1 spiro atoms. The van der Waals surface area contributed by atoms with E-state index >= 15 is 0 Å². The van der Waals surface area contributed by atoms with Crippen molar-refractivity contribution in [1.82, 2.24) is 0 Å². The molecule has 2 heteroatoms. The standard InChI is InChI=1S/C9H14O2/c1-8-3-2-4-9(7-8)10-5-6-11-9/h2,4,8H,3,5-7H2,1H3/t8-/m1/s1. The molecule has 1 fully saturated rings. The molecule has 1 saturated heterocycles. The minimum Gasteiger partial charge on any atom is -0.344 e. The predicted molar refractivity (Wildman–Crippen MR) is 42.2 cm³/mol. The second kappa shape index (κ2) is 2.61. The third-order valence-electron chi connectivity index (χ3n) is 2.32. The summed E-state index contributed by atoms with van der Waals surface area (Å²) < 4.78 is 11.1. The topological polar surface area (TPSA) is 18.5 Å². The van der Waals surface area contributed by atoms with Crippen LogP contribution in [-0.2, 0) is 9.47 Å². The Morgan fingerprint density at radius 2 is 2.09 bits per heavy atom. The van der Waals surface area contributed by atoms with Gasteiger partial charge in [0.2, 0.25) is 0 Å². The molecule has 0 aromatic heterocycles. The van der Waals surface area contributed by atoms with Gasteiger partial charge in [0.15, 0.2) is 5.79 Å². The van der Waals surface area contributed by atoms with Crippen molar-refractivity contribution in [3.63, 3.8) is 0 Å². The van der Waals surface area contributed by atoms with Gasteiger partial charge in [-0.2, -0.15) is 0 Å². The molecule has 0 amide bonds. The molecule has 0 unspecified atom stereocenters. The van der Waals surface area contributed by atoms with Gasteiger partial charge in [0.25, 0.3) is 0 Å². The maximum atomic E-state index is 5.54. The van der Waals surface area contributed by atoms with Gasteiger partial charge in [0.1, 0.15) is 0 Å². The molecule has 0 radical (unpaired) electrons. The zero-order valence-corrected chi connectivity index (χ0v) is 6.88. The zero-order valence-electron chi connectivity index (χ0n) is 6.88. The van der Waals surface area contributed by atoms with Gasteiger partial charge in [-0.15, -0.1) is 0 Å². The van der Waals surface area contributed by atoms with E-state index in [9.17, 15) is 0 Å². The second-order valence-corrected chi connectivity index (χ2v) is 3.46. The van der Waals surface area contributed by atoms with Crippen LogP contribution >= 0.6 is 0 Å². The van der Waals surface area contributed by atoms with E-state index in [1.54, 1.807) is 0 Å². The van der Waals surface area contributed by atoms with Gasteiger partial charge in [-0.25, -0.2) is 0 Å². The van der Waals surface area contributed by atoms with Crippen molar-refractivity contribution < 1.29 is 9.47 Å². The van der Waals surface area contributed by atoms with E-state index in [0.717, 1.165) is 26.1 Å². The highest BCUT2D eigenvalue weighted by Crippen LogP contribution is 2.33. The summed E-state index contributed by atoms with van der Waals surface area (Å²) in [5.41, 5.74) is 0. The summed E-state index contributed by atoms with van der Waals surface area (Å²) in [6.07, 6.45) is 6.41. The summed E-state index contributed by atoms with van der Waals surface area (Å²) in [5, 5.41) is 0. The van der Waals surface area contributed by atoms with Crippen LogP contribution in [0.5, 0.6) is 0 Å². The Labute approximate surface area is 67.2 Å². The van der Waals surface area contributed by atoms with Gasteiger partial charge in [0, 0.05) is 6.42 Å². The lowest BCUT2D eigenvalue weighted by Crippen LogP contribution is -2.31. The summed E-state index contributed by atoms with van der Waals surface area (Å²) >= 11 is 0. The molecule has 11 heavy (non-hydrogen) atoms. The highest BCUT2D eigenvalue weighted by Gasteiger charge is 2.36. The number of allylic oxidation sites excluding steroid dienone is 1. The first-order valence-corrected chi connectivity index (χ1v) is 4.26. The Hall–Kier alpha value is -0.340. The minimum absolute atomic E-state index is 0.336. The summed E-state index contributed by atoms with van der Waals surface area (Å²) in [4.78, 5) is 0. The third-order valence-corrected chi connectivity index (χ3v) is 2.32. The fourth-order valence-electron chi connectivity index (χ4n) is 1.80. The third kappa shape index (κ3) is 1.33. The summed E-state index contributed by atoms with van der Waals surface area (Å²) in [6.45, 7) is 3.73. The van der Waals surface area contributed by atoms with Gasteiger partial charge < -0.3 is 9.47 Å². The highest BCUT2D eigenvalue weighted by atomic mass is 16.7. The Bertz CT molecular complexity index is 168. The van der Waals surface area contributed by atoms with Crippen molar-refractivity contribution in [3.05, 3.63) is 12.2 Å². The van der Waals surface area contributed by atoms with E-state index in [1.807, 2.05) is 0 Å². The molecule has 1 heterocycles. The molecule has 0 N–H and O–H groups in total. The molecule has 2 rings (SSSR count). The lowest BCUT2D eigenvalue weighted by molar-refractivity contribution is -0.132. The molecule has 62 valence electrons. The van der Waals surface area contributed by atoms with Crippen molar-refractivity contribution in [3.8, 4) is 0 Å². The van der Waals surface area contributed by atoms with Crippen LogP contribution in [0.15, 0.2) is 12.2 Å². The van der Waals surface area contributed by atoms with Crippen molar-refractivity contribution in [2.75, 3.05) is 13.2 Å². The first-order chi connectivity index (χ1) is 5.31. The van der Waals surface area contributed by atoms with Crippen LogP contribution in [0, 0.1) is 5.92 Å². The highest BCUT2D eigenvalue weighted by molar-refractivity contribution is 5.03. The van der Waals surface area contributed by atoms with Crippen molar-refractivity contribution in [1.29, 1.82) is 0 Å². The number of hydrogen-bond acceptors (Lipinski definition) is 2. The molecule has 2 nitrogen and oxygen atoms in total. The Morgan fingerprint density at radius 3 is 2.73 bits per heavy atom. The molecule has 0 bridgehead atoms. The molecule has 0 aromatic carbocycles. The van der Waals surface area contributed by atoms with Crippen LogP contribution in [0.4, 0.5) is 0 Å². The fraction of sp³-hybridized carbons (Fsp3) is 0.778. The van der Waals surface area contributed by atoms with E-state index in [-0.39, 0.29) is 5.79 Å². The average molecular weight is 154 g/mol. The molecule has 2 aliphatic rings. The van der Waals surface area contributed by atoms with Crippen molar-refractivity contribution in [2.24, 2.45) is 5.92 Å². The first kappa shape index (κ1) is 7.32. The lowest BCUT2D eigenvalue weighted by atomic mass is 9.92. The molecular weight excluding hydrogens is 140 g/mol. The van der Waals surface area contributed by atoms with Gasteiger partial charge in [-0.3, -0.25) is 0 Å². The predicted octanol–water partition coefficient (Wildman–Crippen LogP) is 1.72. The molecule has 1 atom stereocenters. The Kier molecular flexibility index (Phi) is 1.74. The number of ether oxygens (including phenoxy) is 2. The normalized spacial score (nSPS) is 34.8. The zero-order chi connectivity index (χ0) is 7.73. The van der Waals surface area contributed by atoms with Crippen LogP contribution < -0.4 is 0 Å². The maximum absolute atomic E-state index is 5.54. The van der Waals surface area contributed by atoms with Crippen LogP contribution in [0.3, 0.4) is 0 Å². The second-order valence-electron chi connectivity index (χ2n) is 3.46. The van der Waals surface area contributed by atoms with E-state index in [1.165, 1.54) is 0 Å². The van der Waals surface area contributed by atoms with E-state index in [2.05, 4.69) is 19.1 Å².